The fraction of sp³-hybridized carbons (Fsp3) is 0.440. The third kappa shape index (κ3) is 4.86. The standard InChI is InChI=1S/C25H25F6N3O/c26-7-3-8-33-12-16(13-33)35-15-10-19(27)22(20(28)11-15)24-23-18(6-9-34(24)14-25(29,30)31)17-4-1-2-5-21(17)32-23/h1-2,4-5,10-11,16,24,32H,3,6-9,12-14H2/t24-/m1/s1. The average molecular weight is 497 g/mol. The number of hydrogen-bond acceptors (Lipinski definition) is 3. The van der Waals surface area contributed by atoms with E-state index in [1.807, 2.05) is 17.0 Å². The van der Waals surface area contributed by atoms with Crippen LogP contribution in [0.5, 0.6) is 5.75 Å². The predicted octanol–water partition coefficient (Wildman–Crippen LogP) is 5.38. The Morgan fingerprint density at radius 2 is 1.77 bits per heavy atom. The Balaban J connectivity index is 1.46. The zero-order valence-electron chi connectivity index (χ0n) is 18.8. The van der Waals surface area contributed by atoms with Crippen LogP contribution in [0.4, 0.5) is 26.3 Å². The highest BCUT2D eigenvalue weighted by Crippen LogP contribution is 2.42. The molecule has 3 heterocycles. The zero-order valence-corrected chi connectivity index (χ0v) is 18.8. The van der Waals surface area contributed by atoms with Crippen LogP contribution in [0.15, 0.2) is 36.4 Å². The van der Waals surface area contributed by atoms with E-state index >= 15 is 8.78 Å². The molecule has 1 atom stereocenters. The number of alkyl halides is 4. The summed E-state index contributed by atoms with van der Waals surface area (Å²) in [5, 5.41) is 0.835. The van der Waals surface area contributed by atoms with Gasteiger partial charge in [-0.15, -0.1) is 0 Å². The maximum absolute atomic E-state index is 15.4. The molecule has 2 aliphatic rings. The third-order valence-corrected chi connectivity index (χ3v) is 6.68. The number of hydrogen-bond donors (Lipinski definition) is 1. The Bertz CT molecular complexity index is 1180. The second-order valence-electron chi connectivity index (χ2n) is 9.14. The molecule has 5 rings (SSSR count). The molecule has 188 valence electrons. The number of para-hydroxylation sites is 1. The molecule has 1 N–H and O–H groups in total. The van der Waals surface area contributed by atoms with Crippen LogP contribution >= 0.6 is 0 Å². The maximum atomic E-state index is 15.4. The summed E-state index contributed by atoms with van der Waals surface area (Å²) in [4.78, 5) is 6.15. The fourth-order valence-electron chi connectivity index (χ4n) is 5.16. The largest absolute Gasteiger partial charge is 0.488 e. The molecule has 1 fully saturated rings. The first kappa shape index (κ1) is 24.0. The minimum absolute atomic E-state index is 0.00689. The molecule has 0 amide bonds. The van der Waals surface area contributed by atoms with E-state index in [1.54, 1.807) is 12.1 Å². The van der Waals surface area contributed by atoms with Gasteiger partial charge in [0.2, 0.25) is 0 Å². The quantitative estimate of drug-likeness (QED) is 0.445. The fourth-order valence-corrected chi connectivity index (χ4v) is 5.16. The van der Waals surface area contributed by atoms with Gasteiger partial charge in [-0.2, -0.15) is 13.2 Å². The molecule has 0 spiro atoms. The van der Waals surface area contributed by atoms with Crippen molar-refractivity contribution in [3.63, 3.8) is 0 Å². The van der Waals surface area contributed by atoms with Gasteiger partial charge in [-0.1, -0.05) is 18.2 Å². The molecule has 0 saturated carbocycles. The molecule has 1 saturated heterocycles. The smallest absolute Gasteiger partial charge is 0.401 e. The van der Waals surface area contributed by atoms with Crippen molar-refractivity contribution in [1.82, 2.24) is 14.8 Å². The van der Waals surface area contributed by atoms with Gasteiger partial charge in [-0.25, -0.2) is 8.78 Å². The first-order chi connectivity index (χ1) is 16.7. The Hall–Kier alpha value is -2.72. The molecular formula is C25H25F6N3O. The first-order valence-corrected chi connectivity index (χ1v) is 11.6. The molecular weight excluding hydrogens is 472 g/mol. The molecule has 0 bridgehead atoms. The van der Waals surface area contributed by atoms with E-state index in [-0.39, 0.29) is 18.4 Å². The lowest BCUT2D eigenvalue weighted by Gasteiger charge is -2.39. The van der Waals surface area contributed by atoms with Crippen LogP contribution in [0.2, 0.25) is 0 Å². The summed E-state index contributed by atoms with van der Waals surface area (Å²) in [6.07, 6.45) is -4.07. The molecule has 1 aromatic heterocycles. The third-order valence-electron chi connectivity index (χ3n) is 6.68. The van der Waals surface area contributed by atoms with Crippen molar-refractivity contribution in [2.75, 3.05) is 39.4 Å². The van der Waals surface area contributed by atoms with Gasteiger partial charge in [-0.05, 0) is 24.5 Å². The minimum atomic E-state index is -4.53. The van der Waals surface area contributed by atoms with Crippen LogP contribution in [-0.2, 0) is 6.42 Å². The van der Waals surface area contributed by atoms with E-state index in [0.717, 1.165) is 28.0 Å². The molecule has 10 heteroatoms. The number of aromatic amines is 1. The van der Waals surface area contributed by atoms with Gasteiger partial charge in [0.05, 0.1) is 19.3 Å². The van der Waals surface area contributed by atoms with E-state index < -0.39 is 42.6 Å². The predicted molar refractivity (Wildman–Crippen MR) is 119 cm³/mol. The number of nitrogens with one attached hydrogen (secondary N) is 1. The highest BCUT2D eigenvalue weighted by Gasteiger charge is 2.41. The Labute approximate surface area is 198 Å². The number of benzene rings is 2. The number of likely N-dealkylation sites (tertiary alicyclic amines) is 1. The van der Waals surface area contributed by atoms with Crippen LogP contribution in [0, 0.1) is 11.6 Å². The van der Waals surface area contributed by atoms with Crippen molar-refractivity contribution in [2.45, 2.75) is 31.2 Å². The van der Waals surface area contributed by atoms with Crippen molar-refractivity contribution in [3.05, 3.63) is 64.9 Å². The van der Waals surface area contributed by atoms with Crippen LogP contribution in [-0.4, -0.2) is 66.5 Å². The summed E-state index contributed by atoms with van der Waals surface area (Å²) in [5.41, 5.74) is 1.41. The van der Waals surface area contributed by atoms with Gasteiger partial charge in [0.15, 0.2) is 0 Å². The molecule has 0 radical (unpaired) electrons. The minimum Gasteiger partial charge on any atom is -0.488 e. The number of halogens is 6. The summed E-state index contributed by atoms with van der Waals surface area (Å²) >= 11 is 0. The van der Waals surface area contributed by atoms with Gasteiger partial charge in [-0.3, -0.25) is 14.2 Å². The molecule has 0 aliphatic carbocycles. The normalized spacial score (nSPS) is 19.7. The molecule has 2 aromatic carbocycles. The molecule has 4 nitrogen and oxygen atoms in total. The van der Waals surface area contributed by atoms with Gasteiger partial charge < -0.3 is 9.72 Å². The highest BCUT2D eigenvalue weighted by atomic mass is 19.4. The summed E-state index contributed by atoms with van der Waals surface area (Å²) in [5.74, 6) is -1.94. The first-order valence-electron chi connectivity index (χ1n) is 11.6. The van der Waals surface area contributed by atoms with E-state index in [1.165, 1.54) is 0 Å². The summed E-state index contributed by atoms with van der Waals surface area (Å²) in [6.45, 7) is -0.0732. The SMILES string of the molecule is FCCCN1CC(Oc2cc(F)c([C@@H]3c4[nH]c5ccccc5c4CCN3CC(F)(F)F)c(F)c2)C1. The number of aromatic nitrogens is 1. The van der Waals surface area contributed by atoms with E-state index in [4.69, 9.17) is 4.74 Å². The van der Waals surface area contributed by atoms with Crippen molar-refractivity contribution < 1.29 is 31.1 Å². The number of ether oxygens (including phenoxy) is 1. The summed E-state index contributed by atoms with van der Waals surface area (Å²) in [7, 11) is 0. The van der Waals surface area contributed by atoms with Crippen molar-refractivity contribution >= 4 is 10.9 Å². The summed E-state index contributed by atoms with van der Waals surface area (Å²) in [6, 6.07) is 8.05. The van der Waals surface area contributed by atoms with E-state index in [2.05, 4.69) is 4.98 Å². The summed E-state index contributed by atoms with van der Waals surface area (Å²) < 4.78 is 88.9. The Kier molecular flexibility index (Phi) is 6.43. The maximum Gasteiger partial charge on any atom is 0.401 e. The Morgan fingerprint density at radius 3 is 2.46 bits per heavy atom. The van der Waals surface area contributed by atoms with Crippen LogP contribution in [0.1, 0.15) is 29.3 Å². The average Bonchev–Trinajstić information content (AvgIpc) is 3.13. The van der Waals surface area contributed by atoms with Gasteiger partial charge in [0, 0.05) is 60.5 Å². The second-order valence-corrected chi connectivity index (χ2v) is 9.14. The van der Waals surface area contributed by atoms with Crippen LogP contribution < -0.4 is 4.74 Å². The lowest BCUT2D eigenvalue weighted by Crippen LogP contribution is -2.53. The lowest BCUT2D eigenvalue weighted by molar-refractivity contribution is -0.150. The van der Waals surface area contributed by atoms with Crippen molar-refractivity contribution in [1.29, 1.82) is 0 Å². The van der Waals surface area contributed by atoms with E-state index in [0.29, 0.717) is 43.7 Å². The monoisotopic (exact) mass is 497 g/mol. The van der Waals surface area contributed by atoms with E-state index in [9.17, 15) is 17.6 Å². The zero-order chi connectivity index (χ0) is 24.7. The van der Waals surface area contributed by atoms with Crippen molar-refractivity contribution in [3.8, 4) is 5.75 Å². The number of fused-ring (bicyclic) bond motifs is 3. The van der Waals surface area contributed by atoms with Crippen molar-refractivity contribution in [2.24, 2.45) is 0 Å². The van der Waals surface area contributed by atoms with Crippen LogP contribution in [0.25, 0.3) is 10.9 Å². The highest BCUT2D eigenvalue weighted by molar-refractivity contribution is 5.85. The van der Waals surface area contributed by atoms with Gasteiger partial charge >= 0.3 is 6.18 Å². The molecule has 35 heavy (non-hydrogen) atoms. The van der Waals surface area contributed by atoms with Crippen LogP contribution in [0.3, 0.4) is 0 Å². The van der Waals surface area contributed by atoms with Gasteiger partial charge in [0.25, 0.3) is 0 Å². The number of nitrogens with zero attached hydrogens (tertiary/aromatic N) is 2. The molecule has 2 aliphatic heterocycles. The second kappa shape index (κ2) is 9.39. The lowest BCUT2D eigenvalue weighted by atomic mass is 9.91. The number of rotatable bonds is 7. The molecule has 0 unspecified atom stereocenters. The Morgan fingerprint density at radius 1 is 1.06 bits per heavy atom. The molecule has 3 aromatic rings. The topological polar surface area (TPSA) is 31.5 Å². The van der Waals surface area contributed by atoms with Gasteiger partial charge in [0.1, 0.15) is 23.5 Å². The number of H-pyrrole nitrogens is 1.